The summed E-state index contributed by atoms with van der Waals surface area (Å²) in [6.45, 7) is 15.1. The number of thiophene rings is 1. The average molecular weight is 511 g/mol. The highest BCUT2D eigenvalue weighted by Gasteiger charge is 2.42. The third kappa shape index (κ3) is 7.51. The topological polar surface area (TPSA) is 55.9 Å². The third-order valence-electron chi connectivity index (χ3n) is 6.82. The Hall–Kier alpha value is -2.48. The van der Waals surface area contributed by atoms with Gasteiger partial charge in [0.15, 0.2) is 0 Å². The minimum atomic E-state index is -0.217. The van der Waals surface area contributed by atoms with E-state index in [1.165, 1.54) is 9.75 Å². The van der Waals surface area contributed by atoms with E-state index in [0.717, 1.165) is 38.3 Å². The molecule has 0 bridgehead atoms. The van der Waals surface area contributed by atoms with E-state index >= 15 is 0 Å². The van der Waals surface area contributed by atoms with Crippen LogP contribution in [0.25, 0.3) is 0 Å². The number of allylic oxidation sites excluding steroid dienone is 6. The van der Waals surface area contributed by atoms with Crippen molar-refractivity contribution in [3.8, 4) is 0 Å². The molecule has 2 amide bonds. The van der Waals surface area contributed by atoms with Crippen LogP contribution in [-0.4, -0.2) is 77.9 Å². The van der Waals surface area contributed by atoms with Gasteiger partial charge in [-0.15, -0.1) is 11.3 Å². The van der Waals surface area contributed by atoms with Crippen molar-refractivity contribution >= 4 is 23.2 Å². The van der Waals surface area contributed by atoms with E-state index in [4.69, 9.17) is 0 Å². The molecule has 1 aromatic rings. The van der Waals surface area contributed by atoms with Gasteiger partial charge in [0.2, 0.25) is 11.8 Å². The molecule has 0 radical (unpaired) electrons. The summed E-state index contributed by atoms with van der Waals surface area (Å²) in [6.07, 6.45) is 12.4. The van der Waals surface area contributed by atoms with E-state index in [9.17, 15) is 9.59 Å². The molecular formula is C29H42N4O2S. The zero-order chi connectivity index (χ0) is 26.1. The number of hydrogen-bond donors (Lipinski definition) is 1. The number of likely N-dealkylation sites (tertiary alicyclic amines) is 1. The van der Waals surface area contributed by atoms with Crippen molar-refractivity contribution in [2.24, 2.45) is 0 Å². The third-order valence-corrected chi connectivity index (χ3v) is 7.81. The molecule has 3 heterocycles. The Balaban J connectivity index is 1.89. The van der Waals surface area contributed by atoms with Gasteiger partial charge in [0, 0.05) is 67.2 Å². The molecule has 0 spiro atoms. The van der Waals surface area contributed by atoms with Crippen molar-refractivity contribution in [1.29, 1.82) is 0 Å². The summed E-state index contributed by atoms with van der Waals surface area (Å²) in [5.74, 6) is 0.232. The van der Waals surface area contributed by atoms with Gasteiger partial charge in [-0.3, -0.25) is 14.5 Å². The highest BCUT2D eigenvalue weighted by molar-refractivity contribution is 7.11. The Kier molecular flexibility index (Phi) is 10.7. The summed E-state index contributed by atoms with van der Waals surface area (Å²) < 4.78 is 0. The van der Waals surface area contributed by atoms with Gasteiger partial charge in [0.1, 0.15) is 0 Å². The van der Waals surface area contributed by atoms with Crippen LogP contribution in [0.4, 0.5) is 0 Å². The molecule has 2 aliphatic heterocycles. The van der Waals surface area contributed by atoms with Crippen molar-refractivity contribution < 1.29 is 9.59 Å². The minimum absolute atomic E-state index is 0.0293. The smallest absolute Gasteiger partial charge is 0.250 e. The largest absolute Gasteiger partial charge is 0.339 e. The van der Waals surface area contributed by atoms with Crippen LogP contribution in [0.15, 0.2) is 59.7 Å². The number of nitrogens with zero attached hydrogens (tertiary/aromatic N) is 3. The highest BCUT2D eigenvalue weighted by atomic mass is 32.1. The van der Waals surface area contributed by atoms with Crippen molar-refractivity contribution in [3.63, 3.8) is 0 Å². The number of hydrogen-bond acceptors (Lipinski definition) is 5. The van der Waals surface area contributed by atoms with Gasteiger partial charge in [-0.05, 0) is 53.2 Å². The summed E-state index contributed by atoms with van der Waals surface area (Å²) in [5.41, 5.74) is 1.84. The lowest BCUT2D eigenvalue weighted by Crippen LogP contribution is -2.52. The number of carbonyl (C=O) groups is 2. The Morgan fingerprint density at radius 2 is 1.81 bits per heavy atom. The molecule has 2 aliphatic rings. The van der Waals surface area contributed by atoms with Gasteiger partial charge >= 0.3 is 0 Å². The lowest BCUT2D eigenvalue weighted by atomic mass is 10.1. The molecule has 6 nitrogen and oxygen atoms in total. The van der Waals surface area contributed by atoms with Crippen LogP contribution >= 0.6 is 11.3 Å². The minimum Gasteiger partial charge on any atom is -0.339 e. The summed E-state index contributed by atoms with van der Waals surface area (Å²) in [7, 11) is 0. The second kappa shape index (κ2) is 13.7. The van der Waals surface area contributed by atoms with Gasteiger partial charge in [0.25, 0.3) is 0 Å². The normalized spacial score (nSPS) is 22.2. The zero-order valence-electron chi connectivity index (χ0n) is 22.5. The van der Waals surface area contributed by atoms with Crippen LogP contribution in [-0.2, 0) is 16.1 Å². The second-order valence-electron chi connectivity index (χ2n) is 9.77. The molecule has 1 aromatic heterocycles. The van der Waals surface area contributed by atoms with Crippen LogP contribution in [0, 0.1) is 6.92 Å². The molecule has 2 atom stereocenters. The van der Waals surface area contributed by atoms with Crippen molar-refractivity contribution in [2.45, 2.75) is 59.7 Å². The first-order valence-corrected chi connectivity index (χ1v) is 13.8. The van der Waals surface area contributed by atoms with E-state index < -0.39 is 0 Å². The monoisotopic (exact) mass is 510 g/mol. The van der Waals surface area contributed by atoms with Crippen molar-refractivity contribution in [3.05, 3.63) is 69.5 Å². The maximum Gasteiger partial charge on any atom is 0.250 e. The predicted octanol–water partition coefficient (Wildman–Crippen LogP) is 4.30. The summed E-state index contributed by atoms with van der Waals surface area (Å²) in [5, 5.41) is 3.34. The standard InChI is InChI=1S/C29H42N4O2S/c1-6-8-10-22(3)19-33(28(34)23(4)11-9-7-2)25-18-27(29(35)31-16-14-30-15-17-31)32(20-25)21-26-13-12-24(5)36-26/h6-13,25,27,30H,14-21H2,1-5H3/b8-6-,9-7-,22-10+,23-11+. The van der Waals surface area contributed by atoms with Crippen LogP contribution in [0.3, 0.4) is 0 Å². The van der Waals surface area contributed by atoms with Gasteiger partial charge in [-0.2, -0.15) is 0 Å². The van der Waals surface area contributed by atoms with E-state index in [1.807, 2.05) is 61.0 Å². The molecule has 3 rings (SSSR count). The van der Waals surface area contributed by atoms with E-state index in [1.54, 1.807) is 11.3 Å². The number of piperazine rings is 1. The Morgan fingerprint density at radius 3 is 2.44 bits per heavy atom. The lowest BCUT2D eigenvalue weighted by molar-refractivity contribution is -0.137. The van der Waals surface area contributed by atoms with E-state index in [-0.39, 0.29) is 23.9 Å². The molecule has 0 saturated carbocycles. The first-order chi connectivity index (χ1) is 17.3. The molecule has 7 heteroatoms. The Morgan fingerprint density at radius 1 is 1.11 bits per heavy atom. The van der Waals surface area contributed by atoms with Crippen LogP contribution in [0.1, 0.15) is 43.9 Å². The van der Waals surface area contributed by atoms with E-state index in [0.29, 0.717) is 25.1 Å². The van der Waals surface area contributed by atoms with Gasteiger partial charge in [-0.25, -0.2) is 0 Å². The van der Waals surface area contributed by atoms with Crippen molar-refractivity contribution in [2.75, 3.05) is 39.3 Å². The predicted molar refractivity (Wildman–Crippen MR) is 150 cm³/mol. The van der Waals surface area contributed by atoms with Crippen LogP contribution < -0.4 is 5.32 Å². The number of aryl methyl sites for hydroxylation is 1. The molecule has 2 fully saturated rings. The van der Waals surface area contributed by atoms with Crippen LogP contribution in [0.2, 0.25) is 0 Å². The van der Waals surface area contributed by atoms with Crippen LogP contribution in [0.5, 0.6) is 0 Å². The Bertz CT molecular complexity index is 1020. The van der Waals surface area contributed by atoms with Crippen molar-refractivity contribution in [1.82, 2.24) is 20.0 Å². The number of rotatable bonds is 9. The number of amides is 2. The SMILES string of the molecule is C/C=C\C=C(/C)CN(C(=O)/C(C)=C/C=C\C)C1CC(C(=O)N2CCNCC2)N(Cc2ccc(C)s2)C1. The van der Waals surface area contributed by atoms with Gasteiger partial charge in [-0.1, -0.05) is 42.0 Å². The molecule has 2 saturated heterocycles. The van der Waals surface area contributed by atoms with E-state index in [2.05, 4.69) is 42.3 Å². The summed E-state index contributed by atoms with van der Waals surface area (Å²) >= 11 is 1.78. The number of nitrogens with one attached hydrogen (secondary N) is 1. The van der Waals surface area contributed by atoms with Gasteiger partial charge < -0.3 is 15.1 Å². The highest BCUT2D eigenvalue weighted by Crippen LogP contribution is 2.29. The number of carbonyl (C=O) groups excluding carboxylic acids is 2. The Labute approximate surface area is 221 Å². The molecule has 2 unspecified atom stereocenters. The molecule has 0 aromatic carbocycles. The molecule has 0 aliphatic carbocycles. The van der Waals surface area contributed by atoms with Gasteiger partial charge in [0.05, 0.1) is 6.04 Å². The molecule has 36 heavy (non-hydrogen) atoms. The summed E-state index contributed by atoms with van der Waals surface area (Å²) in [6, 6.07) is 4.06. The molecular weight excluding hydrogens is 468 g/mol. The first-order valence-electron chi connectivity index (χ1n) is 13.0. The summed E-state index contributed by atoms with van der Waals surface area (Å²) in [4.78, 5) is 36.2. The second-order valence-corrected chi connectivity index (χ2v) is 11.1. The fraction of sp³-hybridized carbons (Fsp3) is 0.517. The quantitative estimate of drug-likeness (QED) is 0.398. The zero-order valence-corrected chi connectivity index (χ0v) is 23.3. The average Bonchev–Trinajstić information content (AvgIpc) is 3.50. The lowest BCUT2D eigenvalue weighted by Gasteiger charge is -2.32. The maximum atomic E-state index is 13.7. The molecule has 196 valence electrons. The fourth-order valence-electron chi connectivity index (χ4n) is 4.89. The molecule has 1 N–H and O–H groups in total. The fourth-order valence-corrected chi connectivity index (χ4v) is 5.81. The first kappa shape index (κ1) is 28.1. The maximum absolute atomic E-state index is 13.7.